The highest BCUT2D eigenvalue weighted by atomic mass is 35.5. The maximum absolute atomic E-state index is 6.03. The molecule has 2 aromatic rings. The molecule has 0 bridgehead atoms. The SMILES string of the molecule is CC(N)c1cc(Cl)ccc1OCc1ccncc1Cl. The maximum atomic E-state index is 6.03. The second-order valence-electron chi connectivity index (χ2n) is 4.23. The third kappa shape index (κ3) is 3.60. The Morgan fingerprint density at radius 2 is 2.11 bits per heavy atom. The van der Waals surface area contributed by atoms with E-state index in [1.165, 1.54) is 0 Å². The van der Waals surface area contributed by atoms with E-state index in [4.69, 9.17) is 33.7 Å². The van der Waals surface area contributed by atoms with Crippen molar-refractivity contribution in [2.75, 3.05) is 0 Å². The summed E-state index contributed by atoms with van der Waals surface area (Å²) in [5.41, 5.74) is 7.66. The summed E-state index contributed by atoms with van der Waals surface area (Å²) in [6, 6.07) is 7.08. The zero-order valence-corrected chi connectivity index (χ0v) is 11.9. The first-order valence-electron chi connectivity index (χ1n) is 5.84. The normalized spacial score (nSPS) is 12.2. The van der Waals surface area contributed by atoms with E-state index in [2.05, 4.69) is 4.98 Å². The zero-order chi connectivity index (χ0) is 13.8. The molecule has 3 nitrogen and oxygen atoms in total. The lowest BCUT2D eigenvalue weighted by Crippen LogP contribution is -2.08. The molecule has 0 radical (unpaired) electrons. The molecule has 0 fully saturated rings. The van der Waals surface area contributed by atoms with Crippen molar-refractivity contribution in [3.63, 3.8) is 0 Å². The molecule has 0 saturated heterocycles. The molecule has 2 N–H and O–H groups in total. The summed E-state index contributed by atoms with van der Waals surface area (Å²) in [4.78, 5) is 3.93. The van der Waals surface area contributed by atoms with E-state index in [9.17, 15) is 0 Å². The number of halogens is 2. The van der Waals surface area contributed by atoms with E-state index < -0.39 is 0 Å². The first-order valence-corrected chi connectivity index (χ1v) is 6.59. The molecular weight excluding hydrogens is 283 g/mol. The molecule has 100 valence electrons. The average Bonchev–Trinajstić information content (AvgIpc) is 2.38. The average molecular weight is 297 g/mol. The monoisotopic (exact) mass is 296 g/mol. The quantitative estimate of drug-likeness (QED) is 0.928. The van der Waals surface area contributed by atoms with E-state index in [0.717, 1.165) is 11.1 Å². The summed E-state index contributed by atoms with van der Waals surface area (Å²) in [6.07, 6.45) is 3.27. The number of aromatic nitrogens is 1. The Hall–Kier alpha value is -1.29. The number of nitrogens with zero attached hydrogens (tertiary/aromatic N) is 1. The van der Waals surface area contributed by atoms with Gasteiger partial charge in [-0.05, 0) is 31.2 Å². The van der Waals surface area contributed by atoms with Gasteiger partial charge in [-0.2, -0.15) is 0 Å². The van der Waals surface area contributed by atoms with Crippen molar-refractivity contribution >= 4 is 23.2 Å². The van der Waals surface area contributed by atoms with Crippen LogP contribution in [0.1, 0.15) is 24.1 Å². The molecule has 0 amide bonds. The molecule has 1 unspecified atom stereocenters. The molecule has 1 atom stereocenters. The molecule has 1 aromatic carbocycles. The fraction of sp³-hybridized carbons (Fsp3) is 0.214. The Bertz CT molecular complexity index is 573. The Morgan fingerprint density at radius 1 is 1.32 bits per heavy atom. The largest absolute Gasteiger partial charge is 0.489 e. The highest BCUT2D eigenvalue weighted by molar-refractivity contribution is 6.31. The van der Waals surface area contributed by atoms with Gasteiger partial charge in [-0.3, -0.25) is 4.98 Å². The number of ether oxygens (including phenoxy) is 1. The molecule has 0 aliphatic carbocycles. The molecule has 0 aliphatic heterocycles. The summed E-state index contributed by atoms with van der Waals surface area (Å²) in [7, 11) is 0. The van der Waals surface area contributed by atoms with E-state index in [-0.39, 0.29) is 6.04 Å². The van der Waals surface area contributed by atoms with Crippen molar-refractivity contribution in [3.05, 3.63) is 57.8 Å². The van der Waals surface area contributed by atoms with Crippen LogP contribution >= 0.6 is 23.2 Å². The predicted octanol–water partition coefficient (Wildman–Crippen LogP) is 3.99. The van der Waals surface area contributed by atoms with Gasteiger partial charge in [-0.25, -0.2) is 0 Å². The Balaban J connectivity index is 2.18. The number of hydrogen-bond acceptors (Lipinski definition) is 3. The van der Waals surface area contributed by atoms with Gasteiger partial charge in [0.15, 0.2) is 0 Å². The van der Waals surface area contributed by atoms with Gasteiger partial charge in [0.1, 0.15) is 12.4 Å². The summed E-state index contributed by atoms with van der Waals surface area (Å²) in [6.45, 7) is 2.25. The second-order valence-corrected chi connectivity index (χ2v) is 5.07. The van der Waals surface area contributed by atoms with Crippen LogP contribution in [-0.4, -0.2) is 4.98 Å². The van der Waals surface area contributed by atoms with Crippen LogP contribution in [0.25, 0.3) is 0 Å². The minimum absolute atomic E-state index is 0.151. The van der Waals surface area contributed by atoms with Gasteiger partial charge in [0.05, 0.1) is 5.02 Å². The van der Waals surface area contributed by atoms with Crippen LogP contribution in [0, 0.1) is 0 Å². The molecule has 1 aromatic heterocycles. The number of rotatable bonds is 4. The van der Waals surface area contributed by atoms with Crippen LogP contribution in [0.3, 0.4) is 0 Å². The second kappa shape index (κ2) is 6.24. The summed E-state index contributed by atoms with van der Waals surface area (Å²) in [5, 5.41) is 1.22. The van der Waals surface area contributed by atoms with Gasteiger partial charge < -0.3 is 10.5 Å². The Kier molecular flexibility index (Phi) is 4.64. The lowest BCUT2D eigenvalue weighted by atomic mass is 10.1. The van der Waals surface area contributed by atoms with Crippen LogP contribution in [-0.2, 0) is 6.61 Å². The van der Waals surface area contributed by atoms with Gasteiger partial charge in [0, 0.05) is 34.6 Å². The van der Waals surface area contributed by atoms with Crippen molar-refractivity contribution in [1.82, 2.24) is 4.98 Å². The van der Waals surface area contributed by atoms with Gasteiger partial charge in [0.2, 0.25) is 0 Å². The minimum Gasteiger partial charge on any atom is -0.489 e. The minimum atomic E-state index is -0.151. The fourth-order valence-electron chi connectivity index (χ4n) is 1.68. The van der Waals surface area contributed by atoms with E-state index in [0.29, 0.717) is 22.4 Å². The molecule has 0 spiro atoms. The molecular formula is C14H14Cl2N2O. The molecule has 0 saturated carbocycles. The topological polar surface area (TPSA) is 48.1 Å². The lowest BCUT2D eigenvalue weighted by Gasteiger charge is -2.14. The van der Waals surface area contributed by atoms with E-state index in [1.54, 1.807) is 18.5 Å². The first kappa shape index (κ1) is 14.1. The number of benzene rings is 1. The molecule has 2 rings (SSSR count). The third-order valence-corrected chi connectivity index (χ3v) is 3.28. The highest BCUT2D eigenvalue weighted by Crippen LogP contribution is 2.28. The smallest absolute Gasteiger partial charge is 0.124 e. The van der Waals surface area contributed by atoms with Crippen LogP contribution < -0.4 is 10.5 Å². The van der Waals surface area contributed by atoms with Crippen molar-refractivity contribution in [2.24, 2.45) is 5.73 Å². The van der Waals surface area contributed by atoms with Crippen molar-refractivity contribution in [3.8, 4) is 5.75 Å². The standard InChI is InChI=1S/C14H14Cl2N2O/c1-9(17)12-6-11(15)2-3-14(12)19-8-10-4-5-18-7-13(10)16/h2-7,9H,8,17H2,1H3. The summed E-state index contributed by atoms with van der Waals surface area (Å²) < 4.78 is 5.77. The number of hydrogen-bond donors (Lipinski definition) is 1. The van der Waals surface area contributed by atoms with Crippen LogP contribution in [0.15, 0.2) is 36.7 Å². The van der Waals surface area contributed by atoms with Crippen molar-refractivity contribution in [1.29, 1.82) is 0 Å². The number of pyridine rings is 1. The van der Waals surface area contributed by atoms with Crippen molar-refractivity contribution in [2.45, 2.75) is 19.6 Å². The lowest BCUT2D eigenvalue weighted by molar-refractivity contribution is 0.301. The van der Waals surface area contributed by atoms with Gasteiger partial charge in [0.25, 0.3) is 0 Å². The highest BCUT2D eigenvalue weighted by Gasteiger charge is 2.10. The van der Waals surface area contributed by atoms with Crippen LogP contribution in [0.4, 0.5) is 0 Å². The Morgan fingerprint density at radius 3 is 2.79 bits per heavy atom. The molecule has 5 heteroatoms. The summed E-state index contributed by atoms with van der Waals surface area (Å²) in [5.74, 6) is 0.715. The van der Waals surface area contributed by atoms with E-state index >= 15 is 0 Å². The Labute approximate surface area is 122 Å². The third-order valence-electron chi connectivity index (χ3n) is 2.70. The number of nitrogens with two attached hydrogens (primary N) is 1. The van der Waals surface area contributed by atoms with E-state index in [1.807, 2.05) is 25.1 Å². The predicted molar refractivity (Wildman–Crippen MR) is 77.6 cm³/mol. The van der Waals surface area contributed by atoms with Gasteiger partial charge in [-0.1, -0.05) is 23.2 Å². The van der Waals surface area contributed by atoms with Crippen molar-refractivity contribution < 1.29 is 4.74 Å². The van der Waals surface area contributed by atoms with Crippen LogP contribution in [0.2, 0.25) is 10.0 Å². The summed E-state index contributed by atoms with van der Waals surface area (Å²) >= 11 is 12.0. The first-order chi connectivity index (χ1) is 9.08. The molecule has 0 aliphatic rings. The van der Waals surface area contributed by atoms with Gasteiger partial charge >= 0.3 is 0 Å². The maximum Gasteiger partial charge on any atom is 0.124 e. The fourth-order valence-corrected chi connectivity index (χ4v) is 2.04. The molecule has 1 heterocycles. The van der Waals surface area contributed by atoms with Crippen LogP contribution in [0.5, 0.6) is 5.75 Å². The zero-order valence-electron chi connectivity index (χ0n) is 10.4. The molecule has 19 heavy (non-hydrogen) atoms. The van der Waals surface area contributed by atoms with Gasteiger partial charge in [-0.15, -0.1) is 0 Å².